The number of ketones is 1. The minimum Gasteiger partial charge on any atom is -0.491 e. The number of hydrogen-bond acceptors (Lipinski definition) is 5. The van der Waals surface area contributed by atoms with E-state index in [-0.39, 0.29) is 24.6 Å². The van der Waals surface area contributed by atoms with E-state index < -0.39 is 0 Å². The molecule has 0 saturated carbocycles. The monoisotopic (exact) mass is 381 g/mol. The van der Waals surface area contributed by atoms with E-state index in [1.165, 1.54) is 0 Å². The maximum Gasteiger partial charge on any atom is 0.231 e. The fraction of sp³-hybridized carbons (Fsp3) is 0.435. The molecule has 0 unspecified atom stereocenters. The Morgan fingerprint density at radius 1 is 1.21 bits per heavy atom. The summed E-state index contributed by atoms with van der Waals surface area (Å²) in [6.45, 7) is 6.78. The lowest BCUT2D eigenvalue weighted by atomic mass is 9.89. The third kappa shape index (κ3) is 4.14. The van der Waals surface area contributed by atoms with Crippen molar-refractivity contribution < 1.29 is 19.0 Å². The van der Waals surface area contributed by atoms with Crippen molar-refractivity contribution >= 4 is 5.78 Å². The summed E-state index contributed by atoms with van der Waals surface area (Å²) in [7, 11) is 0. The Hall–Kier alpha value is -2.53. The van der Waals surface area contributed by atoms with E-state index in [1.54, 1.807) is 0 Å². The average Bonchev–Trinajstić information content (AvgIpc) is 3.17. The zero-order valence-corrected chi connectivity index (χ0v) is 16.5. The lowest BCUT2D eigenvalue weighted by molar-refractivity contribution is 0.0810. The molecule has 148 valence electrons. The quantitative estimate of drug-likeness (QED) is 0.699. The summed E-state index contributed by atoms with van der Waals surface area (Å²) in [6, 6.07) is 13.6. The molecule has 0 bridgehead atoms. The molecular weight excluding hydrogens is 354 g/mol. The number of hydrogen-bond donors (Lipinski definition) is 0. The molecule has 1 saturated heterocycles. The van der Waals surface area contributed by atoms with Crippen LogP contribution in [-0.2, 0) is 6.54 Å². The highest BCUT2D eigenvalue weighted by Crippen LogP contribution is 2.36. The van der Waals surface area contributed by atoms with Crippen LogP contribution in [0.4, 0.5) is 0 Å². The topological polar surface area (TPSA) is 48.0 Å². The number of benzene rings is 2. The first kappa shape index (κ1) is 18.8. The third-order valence-electron chi connectivity index (χ3n) is 5.24. The molecule has 0 aromatic heterocycles. The van der Waals surface area contributed by atoms with Gasteiger partial charge in [-0.2, -0.15) is 0 Å². The zero-order valence-electron chi connectivity index (χ0n) is 16.5. The molecule has 2 aliphatic heterocycles. The Morgan fingerprint density at radius 3 is 2.93 bits per heavy atom. The van der Waals surface area contributed by atoms with E-state index in [0.717, 1.165) is 60.9 Å². The SMILES string of the molecule is CC(C)Oc1cccc(C(=O)[C@@H]2CCCN(Cc3cccc4c3OCO4)C2)c1. The smallest absolute Gasteiger partial charge is 0.231 e. The Bertz CT molecular complexity index is 848. The molecule has 0 spiro atoms. The molecule has 1 atom stereocenters. The average molecular weight is 381 g/mol. The lowest BCUT2D eigenvalue weighted by Gasteiger charge is -2.32. The number of rotatable bonds is 6. The first-order chi connectivity index (χ1) is 13.6. The number of nitrogens with zero attached hydrogens (tertiary/aromatic N) is 1. The summed E-state index contributed by atoms with van der Waals surface area (Å²) in [5, 5.41) is 0. The molecule has 5 nitrogen and oxygen atoms in total. The first-order valence-corrected chi connectivity index (χ1v) is 10.0. The van der Waals surface area contributed by atoms with E-state index in [1.807, 2.05) is 50.2 Å². The Labute approximate surface area is 166 Å². The predicted octanol–water partition coefficient (Wildman–Crippen LogP) is 4.30. The number of para-hydroxylation sites is 1. The van der Waals surface area contributed by atoms with Gasteiger partial charge in [-0.1, -0.05) is 24.3 Å². The van der Waals surface area contributed by atoms with E-state index in [2.05, 4.69) is 11.0 Å². The molecule has 0 radical (unpaired) electrons. The van der Waals surface area contributed by atoms with E-state index in [4.69, 9.17) is 14.2 Å². The van der Waals surface area contributed by atoms with Gasteiger partial charge in [-0.05, 0) is 51.4 Å². The lowest BCUT2D eigenvalue weighted by Crippen LogP contribution is -2.38. The second-order valence-electron chi connectivity index (χ2n) is 7.78. The second kappa shape index (κ2) is 8.23. The van der Waals surface area contributed by atoms with Gasteiger partial charge in [0, 0.05) is 30.1 Å². The molecule has 0 aliphatic carbocycles. The highest BCUT2D eigenvalue weighted by Gasteiger charge is 2.28. The summed E-state index contributed by atoms with van der Waals surface area (Å²) in [5.41, 5.74) is 1.86. The summed E-state index contributed by atoms with van der Waals surface area (Å²) < 4.78 is 16.9. The molecule has 2 heterocycles. The first-order valence-electron chi connectivity index (χ1n) is 10.0. The summed E-state index contributed by atoms with van der Waals surface area (Å²) in [6.07, 6.45) is 2.04. The van der Waals surface area contributed by atoms with Crippen LogP contribution in [0.3, 0.4) is 0 Å². The van der Waals surface area contributed by atoms with Crippen LogP contribution in [0.2, 0.25) is 0 Å². The Balaban J connectivity index is 1.44. The van der Waals surface area contributed by atoms with Gasteiger partial charge in [-0.3, -0.25) is 9.69 Å². The zero-order chi connectivity index (χ0) is 19.5. The summed E-state index contributed by atoms with van der Waals surface area (Å²) in [4.78, 5) is 15.4. The number of piperidine rings is 1. The van der Waals surface area contributed by atoms with Gasteiger partial charge >= 0.3 is 0 Å². The van der Waals surface area contributed by atoms with Gasteiger partial charge in [0.2, 0.25) is 6.79 Å². The van der Waals surface area contributed by atoms with Crippen molar-refractivity contribution in [2.24, 2.45) is 5.92 Å². The van der Waals surface area contributed by atoms with Crippen LogP contribution in [0.25, 0.3) is 0 Å². The van der Waals surface area contributed by atoms with Crippen molar-refractivity contribution in [3.05, 3.63) is 53.6 Å². The minimum atomic E-state index is 0.0111. The van der Waals surface area contributed by atoms with Crippen molar-refractivity contribution in [2.75, 3.05) is 19.9 Å². The van der Waals surface area contributed by atoms with Crippen molar-refractivity contribution in [3.63, 3.8) is 0 Å². The van der Waals surface area contributed by atoms with Gasteiger partial charge in [0.15, 0.2) is 17.3 Å². The number of ether oxygens (including phenoxy) is 3. The van der Waals surface area contributed by atoms with Crippen LogP contribution < -0.4 is 14.2 Å². The van der Waals surface area contributed by atoms with Gasteiger partial charge in [0.1, 0.15) is 5.75 Å². The van der Waals surface area contributed by atoms with Gasteiger partial charge in [-0.15, -0.1) is 0 Å². The Morgan fingerprint density at radius 2 is 2.07 bits per heavy atom. The molecule has 0 N–H and O–H groups in total. The van der Waals surface area contributed by atoms with Gasteiger partial charge < -0.3 is 14.2 Å². The maximum atomic E-state index is 13.1. The van der Waals surface area contributed by atoms with E-state index in [0.29, 0.717) is 0 Å². The minimum absolute atomic E-state index is 0.0111. The maximum absolute atomic E-state index is 13.1. The molecule has 28 heavy (non-hydrogen) atoms. The van der Waals surface area contributed by atoms with Crippen LogP contribution in [0.1, 0.15) is 42.6 Å². The van der Waals surface area contributed by atoms with Crippen molar-refractivity contribution in [1.29, 1.82) is 0 Å². The van der Waals surface area contributed by atoms with Crippen molar-refractivity contribution in [1.82, 2.24) is 4.90 Å². The van der Waals surface area contributed by atoms with Gasteiger partial charge in [-0.25, -0.2) is 0 Å². The highest BCUT2D eigenvalue weighted by molar-refractivity contribution is 5.98. The highest BCUT2D eigenvalue weighted by atomic mass is 16.7. The number of likely N-dealkylation sites (tertiary alicyclic amines) is 1. The van der Waals surface area contributed by atoms with Crippen LogP contribution in [0.5, 0.6) is 17.2 Å². The molecule has 2 aromatic rings. The molecule has 2 aromatic carbocycles. The van der Waals surface area contributed by atoms with Crippen molar-refractivity contribution in [3.8, 4) is 17.2 Å². The van der Waals surface area contributed by atoms with E-state index in [9.17, 15) is 4.79 Å². The van der Waals surface area contributed by atoms with E-state index >= 15 is 0 Å². The molecule has 1 fully saturated rings. The molecule has 0 amide bonds. The summed E-state index contributed by atoms with van der Waals surface area (Å²) >= 11 is 0. The number of Topliss-reactive ketones (excluding diaryl/α,β-unsaturated/α-hetero) is 1. The van der Waals surface area contributed by atoms with Crippen LogP contribution in [-0.4, -0.2) is 36.7 Å². The second-order valence-corrected chi connectivity index (χ2v) is 7.78. The number of carbonyl (C=O) groups is 1. The van der Waals surface area contributed by atoms with Crippen LogP contribution in [0, 0.1) is 5.92 Å². The normalized spacial score (nSPS) is 19.0. The van der Waals surface area contributed by atoms with Crippen LogP contribution in [0.15, 0.2) is 42.5 Å². The largest absolute Gasteiger partial charge is 0.491 e. The number of carbonyl (C=O) groups excluding carboxylic acids is 1. The standard InChI is InChI=1S/C23H27NO4/c1-16(2)28-20-9-3-6-17(12-20)22(25)18-8-5-11-24(13-18)14-19-7-4-10-21-23(19)27-15-26-21/h3-4,6-7,9-10,12,16,18H,5,8,11,13-15H2,1-2H3/t18-/m1/s1. The number of fused-ring (bicyclic) bond motifs is 1. The van der Waals surface area contributed by atoms with Crippen LogP contribution >= 0.6 is 0 Å². The molecule has 5 heteroatoms. The predicted molar refractivity (Wildman–Crippen MR) is 107 cm³/mol. The third-order valence-corrected chi connectivity index (χ3v) is 5.24. The molecule has 2 aliphatic rings. The Kier molecular flexibility index (Phi) is 5.53. The van der Waals surface area contributed by atoms with Gasteiger partial charge in [0.05, 0.1) is 6.10 Å². The van der Waals surface area contributed by atoms with Crippen molar-refractivity contribution in [2.45, 2.75) is 39.3 Å². The van der Waals surface area contributed by atoms with Gasteiger partial charge in [0.25, 0.3) is 0 Å². The molecule has 4 rings (SSSR count). The fourth-order valence-electron chi connectivity index (χ4n) is 4.00. The fourth-order valence-corrected chi connectivity index (χ4v) is 4.00. The summed E-state index contributed by atoms with van der Waals surface area (Å²) in [5.74, 6) is 2.62. The molecular formula is C23H27NO4.